The van der Waals surface area contributed by atoms with Gasteiger partial charge >= 0.3 is 0 Å². The second-order valence-electron chi connectivity index (χ2n) is 5.64. The van der Waals surface area contributed by atoms with E-state index >= 15 is 0 Å². The first-order valence-electron chi connectivity index (χ1n) is 8.09. The molecule has 0 saturated carbocycles. The van der Waals surface area contributed by atoms with Crippen LogP contribution in [-0.4, -0.2) is 50.9 Å². The maximum atomic E-state index is 10.2. The summed E-state index contributed by atoms with van der Waals surface area (Å²) in [6, 6.07) is 15.2. The number of hydrogen-bond donors (Lipinski definition) is 1. The van der Waals surface area contributed by atoms with E-state index in [2.05, 4.69) is 15.5 Å². The van der Waals surface area contributed by atoms with Gasteiger partial charge in [-0.2, -0.15) is 4.68 Å². The van der Waals surface area contributed by atoms with Crippen molar-refractivity contribution < 1.29 is 14.6 Å². The Bertz CT molecular complexity index is 841. The summed E-state index contributed by atoms with van der Waals surface area (Å²) in [5, 5.41) is 22.6. The fraction of sp³-hybridized carbons (Fsp3) is 0.278. The van der Waals surface area contributed by atoms with Crippen LogP contribution in [0.2, 0.25) is 0 Å². The van der Waals surface area contributed by atoms with Crippen molar-refractivity contribution in [1.82, 2.24) is 20.2 Å². The molecule has 0 aliphatic heterocycles. The van der Waals surface area contributed by atoms with Crippen LogP contribution in [0.5, 0.6) is 11.5 Å². The van der Waals surface area contributed by atoms with Crippen LogP contribution >= 0.6 is 11.8 Å². The molecular formula is C18H20N4O3S. The van der Waals surface area contributed by atoms with Gasteiger partial charge in [-0.05, 0) is 47.2 Å². The molecule has 0 saturated heterocycles. The van der Waals surface area contributed by atoms with E-state index in [0.717, 1.165) is 17.0 Å². The van der Waals surface area contributed by atoms with Gasteiger partial charge in [0, 0.05) is 5.75 Å². The van der Waals surface area contributed by atoms with Crippen LogP contribution in [0.4, 0.5) is 0 Å². The number of aryl methyl sites for hydroxylation is 1. The Balaban J connectivity index is 1.63. The zero-order valence-electron chi connectivity index (χ0n) is 14.6. The molecule has 1 atom stereocenters. The van der Waals surface area contributed by atoms with Crippen molar-refractivity contribution in [3.05, 3.63) is 54.1 Å². The smallest absolute Gasteiger partial charge is 0.214 e. The van der Waals surface area contributed by atoms with E-state index in [4.69, 9.17) is 9.47 Å². The topological polar surface area (TPSA) is 82.3 Å². The van der Waals surface area contributed by atoms with Gasteiger partial charge in [0.2, 0.25) is 5.16 Å². The van der Waals surface area contributed by atoms with Crippen molar-refractivity contribution >= 4 is 11.8 Å². The molecular weight excluding hydrogens is 352 g/mol. The van der Waals surface area contributed by atoms with Crippen molar-refractivity contribution in [2.24, 2.45) is 0 Å². The number of hydrogen-bond acceptors (Lipinski definition) is 7. The molecule has 1 heterocycles. The molecule has 3 aromatic rings. The quantitative estimate of drug-likeness (QED) is 0.608. The Hall–Kier alpha value is -2.58. The summed E-state index contributed by atoms with van der Waals surface area (Å²) < 4.78 is 12.6. The highest BCUT2D eigenvalue weighted by molar-refractivity contribution is 7.99. The summed E-state index contributed by atoms with van der Waals surface area (Å²) in [5.41, 5.74) is 1.83. The standard InChI is InChI=1S/C18H20N4O3S/c1-13-8-9-17(24-2)16(10-13)22-18(19-20-21-22)26-12-14(23)11-25-15-6-4-3-5-7-15/h3-10,14,23H,11-12H2,1-2H3/t14-/m0/s1. The number of aromatic nitrogens is 4. The molecule has 0 aliphatic carbocycles. The summed E-state index contributed by atoms with van der Waals surface area (Å²) in [6.07, 6.45) is -0.648. The fourth-order valence-corrected chi connectivity index (χ4v) is 3.10. The Morgan fingerprint density at radius 2 is 2.00 bits per heavy atom. The minimum Gasteiger partial charge on any atom is -0.494 e. The van der Waals surface area contributed by atoms with Gasteiger partial charge in [0.05, 0.1) is 13.2 Å². The molecule has 0 spiro atoms. The van der Waals surface area contributed by atoms with E-state index in [0.29, 0.717) is 16.7 Å². The predicted molar refractivity (Wildman–Crippen MR) is 99.1 cm³/mol. The minimum atomic E-state index is -0.648. The second-order valence-corrected chi connectivity index (χ2v) is 6.62. The van der Waals surface area contributed by atoms with Crippen LogP contribution in [0.3, 0.4) is 0 Å². The lowest BCUT2D eigenvalue weighted by atomic mass is 10.2. The van der Waals surface area contributed by atoms with Crippen molar-refractivity contribution in [3.8, 4) is 17.2 Å². The van der Waals surface area contributed by atoms with Gasteiger partial charge < -0.3 is 14.6 Å². The van der Waals surface area contributed by atoms with Crippen molar-refractivity contribution in [1.29, 1.82) is 0 Å². The molecule has 1 aromatic heterocycles. The number of thioether (sulfide) groups is 1. The average molecular weight is 372 g/mol. The van der Waals surface area contributed by atoms with E-state index in [1.54, 1.807) is 11.8 Å². The Morgan fingerprint density at radius 1 is 1.19 bits per heavy atom. The molecule has 0 fully saturated rings. The first kappa shape index (κ1) is 18.2. The normalized spacial score (nSPS) is 12.0. The Morgan fingerprint density at radius 3 is 2.77 bits per heavy atom. The maximum absolute atomic E-state index is 10.2. The third kappa shape index (κ3) is 4.53. The molecule has 8 heteroatoms. The SMILES string of the molecule is COc1ccc(C)cc1-n1nnnc1SC[C@@H](O)COc1ccccc1. The number of nitrogens with zero attached hydrogens (tertiary/aromatic N) is 4. The van der Waals surface area contributed by atoms with Gasteiger partial charge in [0.1, 0.15) is 23.8 Å². The monoisotopic (exact) mass is 372 g/mol. The molecule has 0 bridgehead atoms. The van der Waals surface area contributed by atoms with Crippen LogP contribution in [0.15, 0.2) is 53.7 Å². The number of para-hydroxylation sites is 1. The van der Waals surface area contributed by atoms with Gasteiger partial charge in [0.25, 0.3) is 0 Å². The van der Waals surface area contributed by atoms with Crippen molar-refractivity contribution in [2.45, 2.75) is 18.2 Å². The summed E-state index contributed by atoms with van der Waals surface area (Å²) in [5.74, 6) is 1.81. The zero-order valence-corrected chi connectivity index (χ0v) is 15.4. The number of aliphatic hydroxyl groups excluding tert-OH is 1. The lowest BCUT2D eigenvalue weighted by Crippen LogP contribution is -2.20. The van der Waals surface area contributed by atoms with Gasteiger partial charge in [-0.15, -0.1) is 5.10 Å². The highest BCUT2D eigenvalue weighted by Gasteiger charge is 2.15. The third-order valence-corrected chi connectivity index (χ3v) is 4.66. The van der Waals surface area contributed by atoms with Crippen LogP contribution < -0.4 is 9.47 Å². The Kier molecular flexibility index (Phi) is 6.08. The number of methoxy groups -OCH3 is 1. The molecule has 0 unspecified atom stereocenters. The molecule has 136 valence electrons. The third-order valence-electron chi connectivity index (χ3n) is 3.59. The molecule has 0 amide bonds. The molecule has 0 radical (unpaired) electrons. The number of aliphatic hydroxyl groups is 1. The zero-order chi connectivity index (χ0) is 18.4. The van der Waals surface area contributed by atoms with E-state index in [9.17, 15) is 5.11 Å². The predicted octanol–water partition coefficient (Wildman–Crippen LogP) is 2.51. The van der Waals surface area contributed by atoms with Crippen molar-refractivity contribution in [2.75, 3.05) is 19.5 Å². The van der Waals surface area contributed by atoms with Crippen LogP contribution in [-0.2, 0) is 0 Å². The first-order chi connectivity index (χ1) is 12.7. The van der Waals surface area contributed by atoms with Gasteiger partial charge in [-0.3, -0.25) is 0 Å². The maximum Gasteiger partial charge on any atom is 0.214 e. The number of tetrazole rings is 1. The minimum absolute atomic E-state index is 0.201. The van der Waals surface area contributed by atoms with Crippen LogP contribution in [0, 0.1) is 6.92 Å². The summed E-state index contributed by atoms with van der Waals surface area (Å²) in [6.45, 7) is 2.19. The van der Waals surface area contributed by atoms with Gasteiger partial charge in [-0.25, -0.2) is 0 Å². The van der Waals surface area contributed by atoms with E-state index in [1.165, 1.54) is 11.8 Å². The first-order valence-corrected chi connectivity index (χ1v) is 9.08. The highest BCUT2D eigenvalue weighted by atomic mass is 32.2. The number of ether oxygens (including phenoxy) is 2. The second kappa shape index (κ2) is 8.68. The van der Waals surface area contributed by atoms with Gasteiger partial charge in [0.15, 0.2) is 0 Å². The van der Waals surface area contributed by atoms with E-state index < -0.39 is 6.10 Å². The molecule has 3 rings (SSSR count). The Labute approximate surface area is 155 Å². The highest BCUT2D eigenvalue weighted by Crippen LogP contribution is 2.27. The largest absolute Gasteiger partial charge is 0.494 e. The summed E-state index contributed by atoms with van der Waals surface area (Å²) >= 11 is 1.36. The lowest BCUT2D eigenvalue weighted by Gasteiger charge is -2.13. The van der Waals surface area contributed by atoms with E-state index in [1.807, 2.05) is 55.5 Å². The summed E-state index contributed by atoms with van der Waals surface area (Å²) in [4.78, 5) is 0. The lowest BCUT2D eigenvalue weighted by molar-refractivity contribution is 0.126. The average Bonchev–Trinajstić information content (AvgIpc) is 3.14. The van der Waals surface area contributed by atoms with Crippen LogP contribution in [0.25, 0.3) is 5.69 Å². The molecule has 26 heavy (non-hydrogen) atoms. The van der Waals surface area contributed by atoms with Crippen molar-refractivity contribution in [3.63, 3.8) is 0 Å². The summed E-state index contributed by atoms with van der Waals surface area (Å²) in [7, 11) is 1.61. The molecule has 0 aliphatic rings. The fourth-order valence-electron chi connectivity index (χ4n) is 2.31. The number of rotatable bonds is 8. The van der Waals surface area contributed by atoms with Gasteiger partial charge in [-0.1, -0.05) is 36.0 Å². The molecule has 7 nitrogen and oxygen atoms in total. The van der Waals surface area contributed by atoms with Crippen LogP contribution in [0.1, 0.15) is 5.56 Å². The number of benzene rings is 2. The molecule has 2 aromatic carbocycles. The molecule has 1 N–H and O–H groups in total. The van der Waals surface area contributed by atoms with E-state index in [-0.39, 0.29) is 6.61 Å².